The van der Waals surface area contributed by atoms with Crippen molar-refractivity contribution in [1.82, 2.24) is 5.32 Å². The lowest BCUT2D eigenvalue weighted by molar-refractivity contribution is -0.145. The second kappa shape index (κ2) is 8.53. The van der Waals surface area contributed by atoms with Gasteiger partial charge >= 0.3 is 5.97 Å². The van der Waals surface area contributed by atoms with Gasteiger partial charge in [-0.25, -0.2) is 4.79 Å². The monoisotopic (exact) mass is 265 g/mol. The third-order valence-electron chi connectivity index (χ3n) is 2.76. The molecule has 19 heavy (non-hydrogen) atoms. The number of benzene rings is 1. The smallest absolute Gasteiger partial charge is 0.344 e. The third-order valence-corrected chi connectivity index (χ3v) is 2.76. The lowest BCUT2D eigenvalue weighted by atomic mass is 10.2. The average molecular weight is 265 g/mol. The summed E-state index contributed by atoms with van der Waals surface area (Å²) in [4.78, 5) is 11.1. The minimum Gasteiger partial charge on any atom is -0.479 e. The number of hydrogen-bond donors (Lipinski definition) is 2. The highest BCUT2D eigenvalue weighted by atomic mass is 16.5. The Kier molecular flexibility index (Phi) is 6.97. The number of carboxylic acids is 1. The van der Waals surface area contributed by atoms with E-state index in [1.165, 1.54) is 0 Å². The van der Waals surface area contributed by atoms with Gasteiger partial charge in [-0.15, -0.1) is 0 Å². The van der Waals surface area contributed by atoms with Crippen LogP contribution in [-0.2, 0) is 11.3 Å². The molecule has 0 spiro atoms. The van der Waals surface area contributed by atoms with Crippen molar-refractivity contribution in [3.05, 3.63) is 29.8 Å². The third kappa shape index (κ3) is 5.75. The zero-order valence-electron chi connectivity index (χ0n) is 11.7. The Morgan fingerprint density at radius 2 is 2.16 bits per heavy atom. The Balaban J connectivity index is 2.61. The number of rotatable bonds is 9. The highest BCUT2D eigenvalue weighted by Crippen LogP contribution is 2.16. The zero-order chi connectivity index (χ0) is 14.1. The molecule has 0 heterocycles. The number of carboxylic acid groups (broad SMARTS) is 1. The van der Waals surface area contributed by atoms with Gasteiger partial charge < -0.3 is 15.2 Å². The number of hydrogen-bond acceptors (Lipinski definition) is 3. The summed E-state index contributed by atoms with van der Waals surface area (Å²) in [5.41, 5.74) is 1.10. The largest absolute Gasteiger partial charge is 0.479 e. The Bertz CT molecular complexity index is 393. The van der Waals surface area contributed by atoms with Crippen LogP contribution in [0.5, 0.6) is 5.75 Å². The van der Waals surface area contributed by atoms with Crippen LogP contribution in [0.4, 0.5) is 0 Å². The van der Waals surface area contributed by atoms with Gasteiger partial charge in [0.2, 0.25) is 0 Å². The molecule has 4 heteroatoms. The summed E-state index contributed by atoms with van der Waals surface area (Å²) in [6.45, 7) is 5.81. The van der Waals surface area contributed by atoms with Gasteiger partial charge in [-0.2, -0.15) is 0 Å². The first-order chi connectivity index (χ1) is 9.17. The van der Waals surface area contributed by atoms with Gasteiger partial charge in [0.05, 0.1) is 0 Å². The summed E-state index contributed by atoms with van der Waals surface area (Å²) in [5, 5.41) is 12.4. The first-order valence-corrected chi connectivity index (χ1v) is 6.86. The van der Waals surface area contributed by atoms with Gasteiger partial charge in [-0.05, 0) is 37.1 Å². The van der Waals surface area contributed by atoms with Crippen LogP contribution in [0.15, 0.2) is 24.3 Å². The van der Waals surface area contributed by atoms with Crippen molar-refractivity contribution in [1.29, 1.82) is 0 Å². The molecule has 0 fully saturated rings. The Morgan fingerprint density at radius 1 is 1.37 bits per heavy atom. The molecule has 0 saturated carbocycles. The Labute approximate surface area is 114 Å². The predicted octanol–water partition coefficient (Wildman–Crippen LogP) is 2.82. The fraction of sp³-hybridized carbons (Fsp3) is 0.533. The van der Waals surface area contributed by atoms with Crippen LogP contribution < -0.4 is 10.1 Å². The van der Waals surface area contributed by atoms with Crippen LogP contribution in [0, 0.1) is 0 Å². The molecule has 0 bridgehead atoms. The van der Waals surface area contributed by atoms with E-state index in [-0.39, 0.29) is 0 Å². The normalized spacial score (nSPS) is 12.1. The van der Waals surface area contributed by atoms with Gasteiger partial charge in [0.15, 0.2) is 6.10 Å². The van der Waals surface area contributed by atoms with Crippen LogP contribution in [0.3, 0.4) is 0 Å². The van der Waals surface area contributed by atoms with E-state index in [1.807, 2.05) is 25.1 Å². The van der Waals surface area contributed by atoms with Crippen LogP contribution >= 0.6 is 0 Å². The molecule has 1 unspecified atom stereocenters. The van der Waals surface area contributed by atoms with Crippen molar-refractivity contribution in [2.75, 3.05) is 6.54 Å². The first kappa shape index (κ1) is 15.5. The average Bonchev–Trinajstić information content (AvgIpc) is 2.39. The summed E-state index contributed by atoms with van der Waals surface area (Å²) in [6, 6.07) is 7.59. The van der Waals surface area contributed by atoms with Gasteiger partial charge in [-0.1, -0.05) is 32.4 Å². The van der Waals surface area contributed by atoms with Crippen LogP contribution in [0.25, 0.3) is 0 Å². The summed E-state index contributed by atoms with van der Waals surface area (Å²) in [5.74, 6) is -0.284. The molecule has 1 aromatic carbocycles. The quantitative estimate of drug-likeness (QED) is 0.674. The van der Waals surface area contributed by atoms with E-state index in [9.17, 15) is 4.79 Å². The first-order valence-electron chi connectivity index (χ1n) is 6.86. The van der Waals surface area contributed by atoms with Crippen LogP contribution in [0.1, 0.15) is 38.7 Å². The maximum Gasteiger partial charge on any atom is 0.344 e. The molecule has 4 nitrogen and oxygen atoms in total. The summed E-state index contributed by atoms with van der Waals surface area (Å²) in [6.07, 6.45) is 1.64. The van der Waals surface area contributed by atoms with E-state index in [4.69, 9.17) is 9.84 Å². The molecule has 0 aliphatic rings. The van der Waals surface area contributed by atoms with Crippen molar-refractivity contribution in [2.45, 2.75) is 45.8 Å². The Hall–Kier alpha value is -1.55. The molecule has 0 amide bonds. The number of carbonyl (C=O) groups is 1. The Morgan fingerprint density at radius 3 is 2.79 bits per heavy atom. The predicted molar refractivity (Wildman–Crippen MR) is 75.4 cm³/mol. The van der Waals surface area contributed by atoms with Crippen molar-refractivity contribution in [3.63, 3.8) is 0 Å². The molecular formula is C15H23NO3. The van der Waals surface area contributed by atoms with Gasteiger partial charge in [0, 0.05) is 6.54 Å². The van der Waals surface area contributed by atoms with E-state index >= 15 is 0 Å². The molecule has 106 valence electrons. The second-order valence-electron chi connectivity index (χ2n) is 4.56. The highest BCUT2D eigenvalue weighted by Gasteiger charge is 2.18. The van der Waals surface area contributed by atoms with Crippen molar-refractivity contribution >= 4 is 5.97 Å². The van der Waals surface area contributed by atoms with E-state index < -0.39 is 12.1 Å². The minimum absolute atomic E-state index is 0.521. The minimum atomic E-state index is -0.906. The molecule has 0 saturated heterocycles. The maximum atomic E-state index is 11.1. The highest BCUT2D eigenvalue weighted by molar-refractivity contribution is 5.72. The number of ether oxygens (including phenoxy) is 1. The van der Waals surface area contributed by atoms with Gasteiger partial charge in [0.1, 0.15) is 5.75 Å². The number of aliphatic carboxylic acids is 1. The molecule has 1 rings (SSSR count). The van der Waals surface area contributed by atoms with E-state index in [2.05, 4.69) is 12.2 Å². The summed E-state index contributed by atoms with van der Waals surface area (Å²) < 4.78 is 5.54. The van der Waals surface area contributed by atoms with Gasteiger partial charge in [-0.3, -0.25) is 0 Å². The molecule has 2 N–H and O–H groups in total. The zero-order valence-corrected chi connectivity index (χ0v) is 11.7. The molecule has 0 aliphatic heterocycles. The maximum absolute atomic E-state index is 11.1. The SMILES string of the molecule is CCCNCc1cccc(OC(CCC)C(=O)O)c1. The lowest BCUT2D eigenvalue weighted by Crippen LogP contribution is -2.26. The van der Waals surface area contributed by atoms with Crippen molar-refractivity contribution < 1.29 is 14.6 Å². The molecular weight excluding hydrogens is 242 g/mol. The van der Waals surface area contributed by atoms with E-state index in [0.29, 0.717) is 12.2 Å². The van der Waals surface area contributed by atoms with E-state index in [0.717, 1.165) is 31.5 Å². The van der Waals surface area contributed by atoms with Gasteiger partial charge in [0.25, 0.3) is 0 Å². The molecule has 0 radical (unpaired) electrons. The number of nitrogens with one attached hydrogen (secondary N) is 1. The summed E-state index contributed by atoms with van der Waals surface area (Å²) >= 11 is 0. The molecule has 0 aliphatic carbocycles. The van der Waals surface area contributed by atoms with E-state index in [1.54, 1.807) is 6.07 Å². The molecule has 1 aromatic rings. The fourth-order valence-corrected chi connectivity index (χ4v) is 1.80. The topological polar surface area (TPSA) is 58.6 Å². The van der Waals surface area contributed by atoms with Crippen LogP contribution in [-0.4, -0.2) is 23.7 Å². The second-order valence-corrected chi connectivity index (χ2v) is 4.56. The van der Waals surface area contributed by atoms with Crippen LogP contribution in [0.2, 0.25) is 0 Å². The lowest BCUT2D eigenvalue weighted by Gasteiger charge is -2.15. The fourth-order valence-electron chi connectivity index (χ4n) is 1.80. The molecule has 0 aromatic heterocycles. The standard InChI is InChI=1S/C15H23NO3/c1-3-6-14(15(17)18)19-13-8-5-7-12(10-13)11-16-9-4-2/h5,7-8,10,14,16H,3-4,6,9,11H2,1-2H3,(H,17,18). The van der Waals surface area contributed by atoms with Crippen molar-refractivity contribution in [3.8, 4) is 5.75 Å². The molecule has 1 atom stereocenters. The summed E-state index contributed by atoms with van der Waals surface area (Å²) in [7, 11) is 0. The van der Waals surface area contributed by atoms with Crippen molar-refractivity contribution in [2.24, 2.45) is 0 Å².